The third-order valence-corrected chi connectivity index (χ3v) is 3.99. The summed E-state index contributed by atoms with van der Waals surface area (Å²) in [6.07, 6.45) is 3.74. The van der Waals surface area contributed by atoms with Crippen LogP contribution in [0.5, 0.6) is 0 Å². The Morgan fingerprint density at radius 3 is 3.00 bits per heavy atom. The smallest absolute Gasteiger partial charge is 0.261 e. The second-order valence-corrected chi connectivity index (χ2v) is 5.72. The highest BCUT2D eigenvalue weighted by Gasteiger charge is 2.11. The number of carbonyl (C=O) groups is 1. The largest absolute Gasteiger partial charge is 0.349 e. The van der Waals surface area contributed by atoms with Gasteiger partial charge in [-0.05, 0) is 31.0 Å². The fourth-order valence-electron chi connectivity index (χ4n) is 1.81. The molecule has 0 radical (unpaired) electrons. The highest BCUT2D eigenvalue weighted by atomic mass is 32.1. The van der Waals surface area contributed by atoms with Gasteiger partial charge in [0.25, 0.3) is 5.91 Å². The molecule has 2 aromatic heterocycles. The van der Waals surface area contributed by atoms with Crippen molar-refractivity contribution in [1.82, 2.24) is 15.1 Å². The van der Waals surface area contributed by atoms with Gasteiger partial charge in [0.1, 0.15) is 0 Å². The molecule has 0 aromatic carbocycles. The molecule has 2 rings (SSSR count). The normalized spacial score (nSPS) is 10.0. The fourth-order valence-corrected chi connectivity index (χ4v) is 2.77. The van der Waals surface area contributed by atoms with E-state index in [2.05, 4.69) is 22.3 Å². The number of hydrogen-bond donors (Lipinski definition) is 2. The molecule has 2 aromatic rings. The van der Waals surface area contributed by atoms with Crippen molar-refractivity contribution in [1.29, 1.82) is 0 Å². The standard InChI is InChI=1S/C15H18N4OS/c1-11-9-18-19(10-11)7-6-17-15(20)14-8-12(2)13(21-14)4-3-5-16/h8-10H,5-7,16H2,1-2H3,(H,17,20). The molecular formula is C15H18N4OS. The summed E-state index contributed by atoms with van der Waals surface area (Å²) in [4.78, 5) is 13.6. The lowest BCUT2D eigenvalue weighted by atomic mass is 10.2. The molecule has 0 saturated heterocycles. The summed E-state index contributed by atoms with van der Waals surface area (Å²) < 4.78 is 1.81. The molecule has 0 bridgehead atoms. The van der Waals surface area contributed by atoms with E-state index in [-0.39, 0.29) is 5.91 Å². The molecule has 0 fully saturated rings. The van der Waals surface area contributed by atoms with E-state index in [9.17, 15) is 4.79 Å². The summed E-state index contributed by atoms with van der Waals surface area (Å²) in [5, 5.41) is 7.07. The summed E-state index contributed by atoms with van der Waals surface area (Å²) in [7, 11) is 0. The van der Waals surface area contributed by atoms with E-state index >= 15 is 0 Å². The van der Waals surface area contributed by atoms with Crippen LogP contribution in [0.3, 0.4) is 0 Å². The number of aryl methyl sites for hydroxylation is 2. The Labute approximate surface area is 128 Å². The number of nitrogens with two attached hydrogens (primary N) is 1. The number of amides is 1. The minimum absolute atomic E-state index is 0.0761. The van der Waals surface area contributed by atoms with Gasteiger partial charge in [0.05, 0.1) is 29.0 Å². The highest BCUT2D eigenvalue weighted by molar-refractivity contribution is 7.14. The maximum absolute atomic E-state index is 12.1. The van der Waals surface area contributed by atoms with E-state index in [1.165, 1.54) is 11.3 Å². The monoisotopic (exact) mass is 302 g/mol. The van der Waals surface area contributed by atoms with Crippen molar-refractivity contribution in [3.63, 3.8) is 0 Å². The molecule has 0 spiro atoms. The molecule has 0 aliphatic heterocycles. The van der Waals surface area contributed by atoms with Crippen LogP contribution >= 0.6 is 11.3 Å². The Balaban J connectivity index is 1.91. The number of carbonyl (C=O) groups excluding carboxylic acids is 1. The van der Waals surface area contributed by atoms with Gasteiger partial charge in [0.15, 0.2) is 0 Å². The quantitative estimate of drug-likeness (QED) is 0.836. The van der Waals surface area contributed by atoms with Crippen LogP contribution in [0.1, 0.15) is 25.7 Å². The molecule has 0 atom stereocenters. The van der Waals surface area contributed by atoms with Gasteiger partial charge in [-0.15, -0.1) is 11.3 Å². The van der Waals surface area contributed by atoms with Gasteiger partial charge in [-0.2, -0.15) is 5.10 Å². The first kappa shape index (κ1) is 15.3. The average Bonchev–Trinajstić information content (AvgIpc) is 3.03. The number of nitrogens with one attached hydrogen (secondary N) is 1. The highest BCUT2D eigenvalue weighted by Crippen LogP contribution is 2.20. The third-order valence-electron chi connectivity index (χ3n) is 2.83. The van der Waals surface area contributed by atoms with Crippen LogP contribution in [-0.4, -0.2) is 28.8 Å². The average molecular weight is 302 g/mol. The Hall–Kier alpha value is -2.10. The molecule has 6 heteroatoms. The molecule has 1 amide bonds. The zero-order valence-corrected chi connectivity index (χ0v) is 13.0. The molecule has 0 aliphatic rings. The first-order chi connectivity index (χ1) is 10.1. The van der Waals surface area contributed by atoms with Gasteiger partial charge in [0.2, 0.25) is 0 Å². The Morgan fingerprint density at radius 1 is 1.52 bits per heavy atom. The van der Waals surface area contributed by atoms with E-state index < -0.39 is 0 Å². The van der Waals surface area contributed by atoms with Gasteiger partial charge in [0, 0.05) is 12.7 Å². The number of nitrogens with zero attached hydrogens (tertiary/aromatic N) is 2. The molecular weight excluding hydrogens is 284 g/mol. The van der Waals surface area contributed by atoms with Gasteiger partial charge in [-0.3, -0.25) is 9.48 Å². The van der Waals surface area contributed by atoms with E-state index in [4.69, 9.17) is 5.73 Å². The first-order valence-electron chi connectivity index (χ1n) is 6.67. The van der Waals surface area contributed by atoms with Gasteiger partial charge < -0.3 is 11.1 Å². The lowest BCUT2D eigenvalue weighted by Gasteiger charge is -2.03. The van der Waals surface area contributed by atoms with E-state index in [0.29, 0.717) is 24.5 Å². The Kier molecular flexibility index (Phi) is 5.14. The summed E-state index contributed by atoms with van der Waals surface area (Å²) >= 11 is 1.39. The first-order valence-corrected chi connectivity index (χ1v) is 7.48. The van der Waals surface area contributed by atoms with Crippen molar-refractivity contribution in [2.75, 3.05) is 13.1 Å². The Morgan fingerprint density at radius 2 is 2.33 bits per heavy atom. The molecule has 0 saturated carbocycles. The lowest BCUT2D eigenvalue weighted by molar-refractivity contribution is 0.0956. The summed E-state index contributed by atoms with van der Waals surface area (Å²) in [6, 6.07) is 1.86. The van der Waals surface area contributed by atoms with Crippen LogP contribution in [0.25, 0.3) is 0 Å². The van der Waals surface area contributed by atoms with Crippen molar-refractivity contribution >= 4 is 17.2 Å². The number of hydrogen-bond acceptors (Lipinski definition) is 4. The summed E-state index contributed by atoms with van der Waals surface area (Å²) in [6.45, 7) is 5.45. The molecule has 0 aliphatic carbocycles. The second-order valence-electron chi connectivity index (χ2n) is 4.67. The predicted molar refractivity (Wildman–Crippen MR) is 84.3 cm³/mol. The number of rotatable bonds is 4. The van der Waals surface area contributed by atoms with Crippen molar-refractivity contribution in [3.8, 4) is 11.8 Å². The van der Waals surface area contributed by atoms with Gasteiger partial charge in [-0.25, -0.2) is 0 Å². The number of thiophene rings is 1. The van der Waals surface area contributed by atoms with Crippen molar-refractivity contribution in [3.05, 3.63) is 39.3 Å². The van der Waals surface area contributed by atoms with Crippen molar-refractivity contribution in [2.24, 2.45) is 5.73 Å². The van der Waals surface area contributed by atoms with E-state index in [0.717, 1.165) is 16.0 Å². The molecule has 5 nitrogen and oxygen atoms in total. The second kappa shape index (κ2) is 7.07. The fraction of sp³-hybridized carbons (Fsp3) is 0.333. The minimum Gasteiger partial charge on any atom is -0.349 e. The summed E-state index contributed by atoms with van der Waals surface area (Å²) in [5.74, 6) is 5.72. The maximum Gasteiger partial charge on any atom is 0.261 e. The van der Waals surface area contributed by atoms with Gasteiger partial charge >= 0.3 is 0 Å². The molecule has 21 heavy (non-hydrogen) atoms. The van der Waals surface area contributed by atoms with E-state index in [1.54, 1.807) is 6.20 Å². The van der Waals surface area contributed by atoms with Crippen LogP contribution in [0, 0.1) is 25.7 Å². The minimum atomic E-state index is -0.0761. The van der Waals surface area contributed by atoms with Crippen LogP contribution in [0.4, 0.5) is 0 Å². The SMILES string of the molecule is Cc1cnn(CCNC(=O)c2cc(C)c(C#CCN)s2)c1. The molecule has 2 heterocycles. The number of aromatic nitrogens is 2. The third kappa shape index (κ3) is 4.18. The molecule has 0 unspecified atom stereocenters. The molecule has 3 N–H and O–H groups in total. The topological polar surface area (TPSA) is 72.9 Å². The van der Waals surface area contributed by atoms with Crippen molar-refractivity contribution in [2.45, 2.75) is 20.4 Å². The zero-order valence-electron chi connectivity index (χ0n) is 12.1. The predicted octanol–water partition coefficient (Wildman–Crippen LogP) is 1.30. The summed E-state index contributed by atoms with van der Waals surface area (Å²) in [5.41, 5.74) is 7.48. The van der Waals surface area contributed by atoms with Crippen LogP contribution in [0.15, 0.2) is 18.5 Å². The van der Waals surface area contributed by atoms with Crippen LogP contribution in [-0.2, 0) is 6.54 Å². The molecule has 110 valence electrons. The van der Waals surface area contributed by atoms with Crippen LogP contribution in [0.2, 0.25) is 0 Å². The zero-order chi connectivity index (χ0) is 15.2. The van der Waals surface area contributed by atoms with Crippen molar-refractivity contribution < 1.29 is 4.79 Å². The Bertz CT molecular complexity index is 690. The maximum atomic E-state index is 12.1. The van der Waals surface area contributed by atoms with E-state index in [1.807, 2.05) is 30.8 Å². The van der Waals surface area contributed by atoms with Gasteiger partial charge in [-0.1, -0.05) is 11.8 Å². The van der Waals surface area contributed by atoms with Crippen LogP contribution < -0.4 is 11.1 Å². The lowest BCUT2D eigenvalue weighted by Crippen LogP contribution is -2.26.